The number of nitrogens with zero attached hydrogens (tertiary/aromatic N) is 5. The molecule has 28 heavy (non-hydrogen) atoms. The largest absolute Gasteiger partial charge is 0.494 e. The number of nitro benzene ring substituents is 2. The van der Waals surface area contributed by atoms with Gasteiger partial charge in [-0.05, 0) is 18.6 Å². The molecule has 1 heterocycles. The van der Waals surface area contributed by atoms with Crippen molar-refractivity contribution in [1.29, 1.82) is 5.26 Å². The number of hydrogen-bond acceptors (Lipinski definition) is 8. The number of aromatic hydroxyl groups is 1. The van der Waals surface area contributed by atoms with Gasteiger partial charge in [-0.2, -0.15) is 5.26 Å². The SMILES string of the molecule is C=CCn1c(O)c(C=Nc2ccc([N+](=O)[O-])cc2[N+](=O)[O-])c(C)c(C#N)c1=O. The second kappa shape index (κ2) is 7.92. The van der Waals surface area contributed by atoms with Gasteiger partial charge in [0, 0.05) is 18.8 Å². The van der Waals surface area contributed by atoms with Gasteiger partial charge in [-0.3, -0.25) is 29.6 Å². The third kappa shape index (κ3) is 3.61. The number of hydrogen-bond donors (Lipinski definition) is 1. The van der Waals surface area contributed by atoms with Crippen molar-refractivity contribution in [2.24, 2.45) is 4.99 Å². The zero-order valence-corrected chi connectivity index (χ0v) is 14.5. The molecule has 0 aliphatic carbocycles. The zero-order valence-electron chi connectivity index (χ0n) is 14.5. The molecular weight excluding hydrogens is 370 g/mol. The highest BCUT2D eigenvalue weighted by Gasteiger charge is 2.20. The number of aliphatic imine (C=N–C) groups is 1. The van der Waals surface area contributed by atoms with Crippen LogP contribution < -0.4 is 5.56 Å². The summed E-state index contributed by atoms with van der Waals surface area (Å²) in [6.07, 6.45) is 2.40. The smallest absolute Gasteiger partial charge is 0.301 e. The van der Waals surface area contributed by atoms with Gasteiger partial charge in [0.15, 0.2) is 0 Å². The summed E-state index contributed by atoms with van der Waals surface area (Å²) in [5, 5.41) is 41.6. The Bertz CT molecular complexity index is 1130. The van der Waals surface area contributed by atoms with Gasteiger partial charge >= 0.3 is 5.69 Å². The lowest BCUT2D eigenvalue weighted by atomic mass is 10.1. The van der Waals surface area contributed by atoms with E-state index in [4.69, 9.17) is 0 Å². The van der Waals surface area contributed by atoms with Crippen molar-refractivity contribution < 1.29 is 15.0 Å². The second-order valence-corrected chi connectivity index (χ2v) is 5.50. The van der Waals surface area contributed by atoms with Crippen LogP contribution in [0.15, 0.2) is 40.6 Å². The Kier molecular flexibility index (Phi) is 5.65. The van der Waals surface area contributed by atoms with E-state index in [9.17, 15) is 35.4 Å². The first kappa shape index (κ1) is 20.0. The van der Waals surface area contributed by atoms with Gasteiger partial charge < -0.3 is 5.11 Å². The van der Waals surface area contributed by atoms with Crippen LogP contribution >= 0.6 is 0 Å². The minimum atomic E-state index is -0.828. The van der Waals surface area contributed by atoms with E-state index in [1.54, 1.807) is 6.07 Å². The van der Waals surface area contributed by atoms with E-state index in [1.807, 2.05) is 0 Å². The predicted octanol–water partition coefficient (Wildman–Crippen LogP) is 2.49. The Morgan fingerprint density at radius 3 is 2.57 bits per heavy atom. The Hall–Kier alpha value is -4.33. The normalized spacial score (nSPS) is 10.6. The number of nitro groups is 2. The minimum Gasteiger partial charge on any atom is -0.494 e. The van der Waals surface area contributed by atoms with Crippen molar-refractivity contribution in [1.82, 2.24) is 4.57 Å². The number of allylic oxidation sites excluding steroid dienone is 1. The molecule has 0 saturated heterocycles. The number of nitriles is 1. The first-order valence-electron chi connectivity index (χ1n) is 7.67. The van der Waals surface area contributed by atoms with E-state index in [0.717, 1.165) is 29.0 Å². The van der Waals surface area contributed by atoms with E-state index in [2.05, 4.69) is 11.6 Å². The van der Waals surface area contributed by atoms with Crippen molar-refractivity contribution in [3.05, 3.63) is 78.1 Å². The fraction of sp³-hybridized carbons (Fsp3) is 0.118. The Labute approximate surface area is 157 Å². The maximum absolute atomic E-state index is 12.2. The number of rotatable bonds is 6. The molecule has 1 N–H and O–H groups in total. The van der Waals surface area contributed by atoms with Crippen LogP contribution in [-0.2, 0) is 6.54 Å². The third-order valence-corrected chi connectivity index (χ3v) is 3.86. The number of benzene rings is 1. The topological polar surface area (TPSA) is 165 Å². The highest BCUT2D eigenvalue weighted by Crippen LogP contribution is 2.31. The summed E-state index contributed by atoms with van der Waals surface area (Å²) in [5.41, 5.74) is -2.08. The van der Waals surface area contributed by atoms with Gasteiger partial charge in [-0.25, -0.2) is 4.99 Å². The van der Waals surface area contributed by atoms with Crippen LogP contribution in [0, 0.1) is 38.5 Å². The summed E-state index contributed by atoms with van der Waals surface area (Å²) >= 11 is 0. The maximum Gasteiger partial charge on any atom is 0.301 e. The van der Waals surface area contributed by atoms with Crippen molar-refractivity contribution in [2.75, 3.05) is 0 Å². The Morgan fingerprint density at radius 1 is 1.36 bits per heavy atom. The van der Waals surface area contributed by atoms with Gasteiger partial charge in [0.05, 0.1) is 21.5 Å². The molecule has 0 fully saturated rings. The van der Waals surface area contributed by atoms with Crippen LogP contribution in [-0.4, -0.2) is 25.7 Å². The van der Waals surface area contributed by atoms with E-state index in [1.165, 1.54) is 13.0 Å². The Morgan fingerprint density at radius 2 is 2.04 bits per heavy atom. The van der Waals surface area contributed by atoms with Crippen molar-refractivity contribution >= 4 is 23.3 Å². The molecule has 0 aliphatic rings. The third-order valence-electron chi connectivity index (χ3n) is 3.86. The highest BCUT2D eigenvalue weighted by molar-refractivity contribution is 5.88. The van der Waals surface area contributed by atoms with Crippen LogP contribution in [0.1, 0.15) is 16.7 Å². The first-order chi connectivity index (χ1) is 13.2. The Balaban J connectivity index is 2.68. The van der Waals surface area contributed by atoms with Crippen molar-refractivity contribution in [3.63, 3.8) is 0 Å². The molecule has 1 aromatic carbocycles. The lowest BCUT2D eigenvalue weighted by Gasteiger charge is -2.12. The summed E-state index contributed by atoms with van der Waals surface area (Å²) in [6.45, 7) is 4.82. The minimum absolute atomic E-state index is 0.00523. The lowest BCUT2D eigenvalue weighted by Crippen LogP contribution is -2.24. The van der Waals surface area contributed by atoms with Crippen molar-refractivity contribution in [3.8, 4) is 11.9 Å². The summed E-state index contributed by atoms with van der Waals surface area (Å²) in [5.74, 6) is -0.491. The maximum atomic E-state index is 12.2. The molecule has 0 aliphatic heterocycles. The van der Waals surface area contributed by atoms with Gasteiger partial charge in [0.1, 0.15) is 17.3 Å². The van der Waals surface area contributed by atoms with Crippen LogP contribution in [0.3, 0.4) is 0 Å². The second-order valence-electron chi connectivity index (χ2n) is 5.50. The zero-order chi connectivity index (χ0) is 21.0. The van der Waals surface area contributed by atoms with E-state index in [0.29, 0.717) is 0 Å². The monoisotopic (exact) mass is 383 g/mol. The van der Waals surface area contributed by atoms with Crippen LogP contribution in [0.2, 0.25) is 0 Å². The molecule has 0 spiro atoms. The molecule has 0 radical (unpaired) electrons. The van der Waals surface area contributed by atoms with Crippen molar-refractivity contribution in [2.45, 2.75) is 13.5 Å². The molecule has 0 atom stereocenters. The van der Waals surface area contributed by atoms with E-state index >= 15 is 0 Å². The lowest BCUT2D eigenvalue weighted by molar-refractivity contribution is -0.393. The van der Waals surface area contributed by atoms with Gasteiger partial charge in [-0.1, -0.05) is 6.08 Å². The number of aromatic nitrogens is 1. The molecule has 2 aromatic rings. The molecule has 11 heteroatoms. The fourth-order valence-electron chi connectivity index (χ4n) is 2.44. The van der Waals surface area contributed by atoms with Crippen LogP contribution in [0.5, 0.6) is 5.88 Å². The summed E-state index contributed by atoms with van der Waals surface area (Å²) in [7, 11) is 0. The molecule has 1 aromatic heterocycles. The van der Waals surface area contributed by atoms with Crippen LogP contribution in [0.4, 0.5) is 17.1 Å². The summed E-state index contributed by atoms with van der Waals surface area (Å²) < 4.78 is 0.907. The van der Waals surface area contributed by atoms with Crippen LogP contribution in [0.25, 0.3) is 0 Å². The molecule has 0 saturated carbocycles. The molecule has 142 valence electrons. The van der Waals surface area contributed by atoms with E-state index in [-0.39, 0.29) is 28.9 Å². The predicted molar refractivity (Wildman–Crippen MR) is 99.0 cm³/mol. The number of non-ortho nitro benzene ring substituents is 1. The number of pyridine rings is 1. The first-order valence-corrected chi connectivity index (χ1v) is 7.67. The quantitative estimate of drug-likeness (QED) is 0.346. The molecule has 0 unspecified atom stereocenters. The molecule has 0 bridgehead atoms. The highest BCUT2D eigenvalue weighted by atomic mass is 16.6. The molecule has 0 amide bonds. The molecule has 11 nitrogen and oxygen atoms in total. The molecular formula is C17H13N5O6. The van der Waals surface area contributed by atoms with Gasteiger partial charge in [-0.15, -0.1) is 6.58 Å². The van der Waals surface area contributed by atoms with E-state index < -0.39 is 32.7 Å². The summed E-state index contributed by atoms with van der Waals surface area (Å²) in [4.78, 5) is 36.5. The standard InChI is InChI=1S/C17H13N5O6/c1-3-6-20-16(23)12(8-18)10(2)13(17(20)24)9-19-14-5-4-11(21(25)26)7-15(14)22(27)28/h3-5,7,9,24H,1,6H2,2H3. The average Bonchev–Trinajstić information content (AvgIpc) is 2.65. The molecule has 2 rings (SSSR count). The summed E-state index contributed by atoms with van der Waals surface area (Å²) in [6, 6.07) is 4.65. The van der Waals surface area contributed by atoms with Gasteiger partial charge in [0.2, 0.25) is 5.88 Å². The van der Waals surface area contributed by atoms with Gasteiger partial charge in [0.25, 0.3) is 11.2 Å². The average molecular weight is 383 g/mol. The fourth-order valence-corrected chi connectivity index (χ4v) is 2.44.